The molecule has 1 rings (SSSR count). The van der Waals surface area contributed by atoms with E-state index in [4.69, 9.17) is 5.41 Å². The number of halogens is 3. The van der Waals surface area contributed by atoms with E-state index < -0.39 is 17.5 Å². The molecule has 0 saturated carbocycles. The van der Waals surface area contributed by atoms with Gasteiger partial charge in [-0.2, -0.15) is 13.2 Å². The SMILES string of the molecule is C=C(C(C)=N)/C([O-])=C(\SC)C1=CCC=C(C(F)(F)F)C=C1.[K+]. The fourth-order valence-electron chi connectivity index (χ4n) is 1.66. The maximum absolute atomic E-state index is 12.7. The first-order valence-electron chi connectivity index (χ1n) is 6.04. The van der Waals surface area contributed by atoms with Gasteiger partial charge in [-0.3, -0.25) is 0 Å². The topological polar surface area (TPSA) is 46.9 Å². The molecule has 0 aromatic heterocycles. The predicted molar refractivity (Wildman–Crippen MR) is 79.1 cm³/mol. The minimum absolute atomic E-state index is 0. The first-order chi connectivity index (χ1) is 9.68. The van der Waals surface area contributed by atoms with E-state index in [-0.39, 0.29) is 69.1 Å². The molecule has 0 saturated heterocycles. The van der Waals surface area contributed by atoms with Crippen molar-refractivity contribution >= 4 is 17.5 Å². The molecule has 0 aromatic carbocycles. The van der Waals surface area contributed by atoms with Gasteiger partial charge in [-0.1, -0.05) is 30.6 Å². The summed E-state index contributed by atoms with van der Waals surface area (Å²) in [5.41, 5.74) is -0.227. The Morgan fingerprint density at radius 1 is 1.32 bits per heavy atom. The third-order valence-electron chi connectivity index (χ3n) is 2.84. The van der Waals surface area contributed by atoms with Crippen molar-refractivity contribution < 1.29 is 69.7 Å². The van der Waals surface area contributed by atoms with Crippen LogP contribution in [0.4, 0.5) is 13.2 Å². The molecule has 1 aliphatic carbocycles. The number of allylic oxidation sites excluding steroid dienone is 7. The molecule has 0 atom stereocenters. The van der Waals surface area contributed by atoms with Crippen LogP contribution < -0.4 is 56.5 Å². The number of nitrogens with one attached hydrogen (secondary N) is 1. The maximum Gasteiger partial charge on any atom is 1.00 e. The summed E-state index contributed by atoms with van der Waals surface area (Å²) in [5, 5.41) is 19.6. The minimum Gasteiger partial charge on any atom is -0.871 e. The Morgan fingerprint density at radius 3 is 2.36 bits per heavy atom. The maximum atomic E-state index is 12.7. The molecule has 0 radical (unpaired) electrons. The standard InChI is InChI=1S/C15H16F3NOS.K/c1-9(10(2)19)13(20)14(21-3)11-5-4-6-12(8-7-11)15(16,17)18;/h5-8,19-20H,1,4H2,2-3H3;/q;+1/p-1/b14-13+,19-10?;. The van der Waals surface area contributed by atoms with Crippen LogP contribution in [-0.4, -0.2) is 18.1 Å². The molecule has 0 fully saturated rings. The number of rotatable bonds is 4. The molecule has 1 aliphatic rings. The molecule has 7 heteroatoms. The summed E-state index contributed by atoms with van der Waals surface area (Å²) >= 11 is 1.13. The van der Waals surface area contributed by atoms with E-state index >= 15 is 0 Å². The molecule has 114 valence electrons. The van der Waals surface area contributed by atoms with Crippen molar-refractivity contribution in [2.45, 2.75) is 19.5 Å². The average Bonchev–Trinajstić information content (AvgIpc) is 2.64. The van der Waals surface area contributed by atoms with Gasteiger partial charge in [0.2, 0.25) is 0 Å². The molecule has 0 heterocycles. The Balaban J connectivity index is 0.00000441. The van der Waals surface area contributed by atoms with E-state index in [1.807, 2.05) is 0 Å². The van der Waals surface area contributed by atoms with Gasteiger partial charge in [0.05, 0.1) is 5.57 Å². The van der Waals surface area contributed by atoms with Crippen molar-refractivity contribution in [2.75, 3.05) is 6.26 Å². The predicted octanol–water partition coefficient (Wildman–Crippen LogP) is 0.896. The van der Waals surface area contributed by atoms with Gasteiger partial charge in [0, 0.05) is 10.6 Å². The van der Waals surface area contributed by atoms with Gasteiger partial charge in [0.25, 0.3) is 0 Å². The van der Waals surface area contributed by atoms with Crippen molar-refractivity contribution in [2.24, 2.45) is 0 Å². The van der Waals surface area contributed by atoms with Crippen molar-refractivity contribution in [1.82, 2.24) is 0 Å². The van der Waals surface area contributed by atoms with E-state index in [2.05, 4.69) is 6.58 Å². The van der Waals surface area contributed by atoms with Gasteiger partial charge in [-0.05, 0) is 36.8 Å². The summed E-state index contributed by atoms with van der Waals surface area (Å²) in [4.78, 5) is 0.291. The van der Waals surface area contributed by atoms with Crippen LogP contribution in [0, 0.1) is 5.41 Å². The first kappa shape index (κ1) is 21.9. The van der Waals surface area contributed by atoms with Gasteiger partial charge in [-0.25, -0.2) is 0 Å². The molecule has 0 amide bonds. The second-order valence-corrected chi connectivity index (χ2v) is 5.17. The molecule has 0 bridgehead atoms. The zero-order chi connectivity index (χ0) is 16.2. The number of thioether (sulfide) groups is 1. The van der Waals surface area contributed by atoms with Gasteiger partial charge < -0.3 is 10.5 Å². The second-order valence-electron chi connectivity index (χ2n) is 4.35. The molecule has 0 aliphatic heterocycles. The minimum atomic E-state index is -4.40. The first-order valence-corrected chi connectivity index (χ1v) is 7.27. The zero-order valence-electron chi connectivity index (χ0n) is 12.7. The largest absolute Gasteiger partial charge is 1.00 e. The summed E-state index contributed by atoms with van der Waals surface area (Å²) in [7, 11) is 0. The smallest absolute Gasteiger partial charge is 0.871 e. The van der Waals surface area contributed by atoms with Crippen molar-refractivity contribution in [3.8, 4) is 0 Å². The van der Waals surface area contributed by atoms with Gasteiger partial charge in [-0.15, -0.1) is 11.8 Å². The number of hydrogen-bond acceptors (Lipinski definition) is 3. The van der Waals surface area contributed by atoms with Crippen LogP contribution in [0.15, 0.2) is 58.3 Å². The fraction of sp³-hybridized carbons (Fsp3) is 0.267. The molecule has 22 heavy (non-hydrogen) atoms. The van der Waals surface area contributed by atoms with Crippen molar-refractivity contribution in [1.29, 1.82) is 5.41 Å². The van der Waals surface area contributed by atoms with E-state index in [1.165, 1.54) is 13.0 Å². The fourth-order valence-corrected chi connectivity index (χ4v) is 2.35. The zero-order valence-corrected chi connectivity index (χ0v) is 16.6. The Labute approximate surface area is 174 Å². The second kappa shape index (κ2) is 9.29. The van der Waals surface area contributed by atoms with Gasteiger partial charge in [0.15, 0.2) is 0 Å². The molecular weight excluding hydrogens is 338 g/mol. The third kappa shape index (κ3) is 5.86. The third-order valence-corrected chi connectivity index (χ3v) is 3.67. The summed E-state index contributed by atoms with van der Waals surface area (Å²) in [6.45, 7) is 4.99. The van der Waals surface area contributed by atoms with Crippen LogP contribution in [0.2, 0.25) is 0 Å². The van der Waals surface area contributed by atoms with Gasteiger partial charge >= 0.3 is 57.6 Å². The number of alkyl halides is 3. The van der Waals surface area contributed by atoms with E-state index in [1.54, 1.807) is 12.3 Å². The average molecular weight is 353 g/mol. The van der Waals surface area contributed by atoms with Crippen LogP contribution in [0.1, 0.15) is 13.3 Å². The Hall–Kier alpha value is -0.0536. The molecule has 0 spiro atoms. The van der Waals surface area contributed by atoms with Crippen LogP contribution in [-0.2, 0) is 0 Å². The molecule has 0 unspecified atom stereocenters. The Morgan fingerprint density at radius 2 is 1.91 bits per heavy atom. The number of hydrogen-bond donors (Lipinski definition) is 1. The molecule has 1 N–H and O–H groups in total. The Bertz CT molecular complexity index is 586. The summed E-state index contributed by atoms with van der Waals surface area (Å²) < 4.78 is 38.0. The van der Waals surface area contributed by atoms with Crippen LogP contribution in [0.3, 0.4) is 0 Å². The Kier molecular flexibility index (Phi) is 9.27. The molecule has 2 nitrogen and oxygen atoms in total. The van der Waals surface area contributed by atoms with E-state index in [0.29, 0.717) is 10.5 Å². The molecule has 0 aromatic rings. The molecular formula is C15H15F3KNOS. The van der Waals surface area contributed by atoms with Gasteiger partial charge in [0.1, 0.15) is 0 Å². The van der Waals surface area contributed by atoms with E-state index in [9.17, 15) is 18.3 Å². The summed E-state index contributed by atoms with van der Waals surface area (Å²) in [6, 6.07) is 0. The quantitative estimate of drug-likeness (QED) is 0.353. The van der Waals surface area contributed by atoms with E-state index in [0.717, 1.165) is 23.9 Å². The van der Waals surface area contributed by atoms with Crippen molar-refractivity contribution in [3.63, 3.8) is 0 Å². The monoisotopic (exact) mass is 353 g/mol. The summed E-state index contributed by atoms with van der Waals surface area (Å²) in [6.07, 6.45) is 2.22. The normalized spacial score (nSPS) is 15.9. The van der Waals surface area contributed by atoms with Crippen molar-refractivity contribution in [3.05, 3.63) is 58.3 Å². The van der Waals surface area contributed by atoms with Crippen LogP contribution >= 0.6 is 11.8 Å². The van der Waals surface area contributed by atoms with Crippen LogP contribution in [0.5, 0.6) is 0 Å². The summed E-state index contributed by atoms with van der Waals surface area (Å²) in [5.74, 6) is -0.429. The van der Waals surface area contributed by atoms with Crippen LogP contribution in [0.25, 0.3) is 0 Å².